The lowest BCUT2D eigenvalue weighted by Crippen LogP contribution is -2.40. The van der Waals surface area contributed by atoms with Crippen molar-refractivity contribution < 1.29 is 4.79 Å². The molecule has 19 heavy (non-hydrogen) atoms. The fourth-order valence-corrected chi connectivity index (χ4v) is 3.05. The first kappa shape index (κ1) is 13.4. The molecule has 3 rings (SSSR count). The summed E-state index contributed by atoms with van der Waals surface area (Å²) in [6.45, 7) is 4.50. The summed E-state index contributed by atoms with van der Waals surface area (Å²) in [5.74, 6) is 1.05. The highest BCUT2D eigenvalue weighted by Crippen LogP contribution is 2.28. The summed E-state index contributed by atoms with van der Waals surface area (Å²) in [7, 11) is 0. The van der Waals surface area contributed by atoms with Crippen molar-refractivity contribution in [3.8, 4) is 0 Å². The van der Waals surface area contributed by atoms with Crippen LogP contribution in [0.5, 0.6) is 0 Å². The number of hydrogen-bond acceptors (Lipinski definition) is 3. The van der Waals surface area contributed by atoms with Gasteiger partial charge in [0.05, 0.1) is 0 Å². The first-order valence-electron chi connectivity index (χ1n) is 8.05. The monoisotopic (exact) mass is 265 g/mol. The van der Waals surface area contributed by atoms with E-state index < -0.39 is 0 Å². The third-order valence-electron chi connectivity index (χ3n) is 4.52. The van der Waals surface area contributed by atoms with Gasteiger partial charge in [0.25, 0.3) is 0 Å². The Balaban J connectivity index is 1.40. The van der Waals surface area contributed by atoms with Gasteiger partial charge in [-0.05, 0) is 57.5 Å². The molecule has 4 heteroatoms. The van der Waals surface area contributed by atoms with Gasteiger partial charge in [0.15, 0.2) is 0 Å². The van der Waals surface area contributed by atoms with Crippen LogP contribution in [0.3, 0.4) is 0 Å². The number of carbonyl (C=O) groups excluding carboxylic acids is 1. The zero-order valence-corrected chi connectivity index (χ0v) is 11.9. The van der Waals surface area contributed by atoms with Crippen molar-refractivity contribution in [2.75, 3.05) is 26.2 Å². The molecule has 0 aromatic rings. The molecule has 0 bridgehead atoms. The molecule has 1 saturated heterocycles. The number of amides is 1. The summed E-state index contributed by atoms with van der Waals surface area (Å²) in [5.41, 5.74) is 0. The highest BCUT2D eigenvalue weighted by Gasteiger charge is 2.31. The van der Waals surface area contributed by atoms with Gasteiger partial charge in [-0.3, -0.25) is 9.69 Å². The second kappa shape index (κ2) is 6.23. The summed E-state index contributed by atoms with van der Waals surface area (Å²) in [4.78, 5) is 14.4. The lowest BCUT2D eigenvalue weighted by molar-refractivity contribution is -0.121. The van der Waals surface area contributed by atoms with Crippen molar-refractivity contribution >= 4 is 5.91 Å². The van der Waals surface area contributed by atoms with E-state index in [9.17, 15) is 4.79 Å². The minimum atomic E-state index is 0.259. The molecular weight excluding hydrogens is 238 g/mol. The summed E-state index contributed by atoms with van der Waals surface area (Å²) >= 11 is 0. The van der Waals surface area contributed by atoms with E-state index in [2.05, 4.69) is 15.5 Å². The van der Waals surface area contributed by atoms with Gasteiger partial charge in [-0.2, -0.15) is 0 Å². The van der Waals surface area contributed by atoms with Gasteiger partial charge in [-0.25, -0.2) is 0 Å². The van der Waals surface area contributed by atoms with E-state index >= 15 is 0 Å². The molecule has 0 spiro atoms. The first-order valence-corrected chi connectivity index (χ1v) is 8.05. The van der Waals surface area contributed by atoms with Gasteiger partial charge in [0.1, 0.15) is 0 Å². The number of hydrogen-bond donors (Lipinski definition) is 2. The topological polar surface area (TPSA) is 44.4 Å². The Kier molecular flexibility index (Phi) is 4.38. The van der Waals surface area contributed by atoms with E-state index in [1.54, 1.807) is 0 Å². The predicted molar refractivity (Wildman–Crippen MR) is 76.0 cm³/mol. The van der Waals surface area contributed by atoms with Gasteiger partial charge >= 0.3 is 0 Å². The van der Waals surface area contributed by atoms with Crippen LogP contribution in [0, 0.1) is 5.92 Å². The molecule has 2 saturated carbocycles. The SMILES string of the molecule is O=C(CCN(CC1CCCNC1)C1CC1)NC1CC1. The Morgan fingerprint density at radius 3 is 2.68 bits per heavy atom. The van der Waals surface area contributed by atoms with E-state index in [0.29, 0.717) is 12.5 Å². The fraction of sp³-hybridized carbons (Fsp3) is 0.933. The van der Waals surface area contributed by atoms with E-state index in [0.717, 1.165) is 25.0 Å². The molecular formula is C15H27N3O. The Hall–Kier alpha value is -0.610. The quantitative estimate of drug-likeness (QED) is 0.725. The zero-order valence-electron chi connectivity index (χ0n) is 11.9. The third kappa shape index (κ3) is 4.46. The maximum absolute atomic E-state index is 11.8. The van der Waals surface area contributed by atoms with Gasteiger partial charge in [0.2, 0.25) is 5.91 Å². The van der Waals surface area contributed by atoms with Gasteiger partial charge in [0, 0.05) is 31.6 Å². The highest BCUT2D eigenvalue weighted by atomic mass is 16.1. The average Bonchev–Trinajstić information content (AvgIpc) is 3.28. The lowest BCUT2D eigenvalue weighted by atomic mass is 9.99. The van der Waals surface area contributed by atoms with E-state index in [1.165, 1.54) is 51.6 Å². The standard InChI is InChI=1S/C15H27N3O/c19-15(17-13-3-4-13)7-9-18(14-5-6-14)11-12-2-1-8-16-10-12/h12-14,16H,1-11H2,(H,17,19). The Bertz CT molecular complexity index is 307. The molecule has 2 aliphatic carbocycles. The summed E-state index contributed by atoms with van der Waals surface area (Å²) in [6.07, 6.45) is 8.40. The normalized spacial score (nSPS) is 27.5. The molecule has 0 aromatic heterocycles. The van der Waals surface area contributed by atoms with Crippen LogP contribution >= 0.6 is 0 Å². The number of carbonyl (C=O) groups is 1. The highest BCUT2D eigenvalue weighted by molar-refractivity contribution is 5.76. The number of rotatable bonds is 7. The second-order valence-corrected chi connectivity index (χ2v) is 6.53. The van der Waals surface area contributed by atoms with E-state index in [-0.39, 0.29) is 5.91 Å². The summed E-state index contributed by atoms with van der Waals surface area (Å²) in [5, 5.41) is 6.59. The fourth-order valence-electron chi connectivity index (χ4n) is 3.05. The molecule has 2 N–H and O–H groups in total. The number of piperidine rings is 1. The molecule has 108 valence electrons. The molecule has 1 aliphatic heterocycles. The molecule has 1 atom stereocenters. The van der Waals surface area contributed by atoms with Crippen molar-refractivity contribution in [1.29, 1.82) is 0 Å². The Morgan fingerprint density at radius 2 is 2.05 bits per heavy atom. The van der Waals surface area contributed by atoms with Crippen LogP contribution in [0.15, 0.2) is 0 Å². The minimum Gasteiger partial charge on any atom is -0.353 e. The van der Waals surface area contributed by atoms with E-state index in [4.69, 9.17) is 0 Å². The van der Waals surface area contributed by atoms with Crippen LogP contribution < -0.4 is 10.6 Å². The molecule has 0 radical (unpaired) electrons. The second-order valence-electron chi connectivity index (χ2n) is 6.53. The summed E-state index contributed by atoms with van der Waals surface area (Å²) in [6, 6.07) is 1.28. The molecule has 3 fully saturated rings. The molecule has 4 nitrogen and oxygen atoms in total. The number of nitrogens with one attached hydrogen (secondary N) is 2. The Labute approximate surface area is 116 Å². The zero-order chi connectivity index (χ0) is 13.1. The van der Waals surface area contributed by atoms with Gasteiger partial charge in [-0.15, -0.1) is 0 Å². The molecule has 0 aromatic carbocycles. The molecule has 1 amide bonds. The molecule has 1 unspecified atom stereocenters. The summed E-state index contributed by atoms with van der Waals surface area (Å²) < 4.78 is 0. The van der Waals surface area contributed by atoms with Crippen molar-refractivity contribution in [2.24, 2.45) is 5.92 Å². The molecule has 1 heterocycles. The van der Waals surface area contributed by atoms with Gasteiger partial charge in [-0.1, -0.05) is 0 Å². The first-order chi connectivity index (χ1) is 9.31. The number of nitrogens with zero attached hydrogens (tertiary/aromatic N) is 1. The van der Waals surface area contributed by atoms with Crippen LogP contribution in [-0.4, -0.2) is 49.1 Å². The average molecular weight is 265 g/mol. The van der Waals surface area contributed by atoms with Crippen LogP contribution in [0.25, 0.3) is 0 Å². The minimum absolute atomic E-state index is 0.259. The maximum Gasteiger partial charge on any atom is 0.221 e. The maximum atomic E-state index is 11.8. The largest absolute Gasteiger partial charge is 0.353 e. The van der Waals surface area contributed by atoms with Crippen LogP contribution in [0.1, 0.15) is 44.9 Å². The van der Waals surface area contributed by atoms with Crippen LogP contribution in [0.2, 0.25) is 0 Å². The predicted octanol–water partition coefficient (Wildman–Crippen LogP) is 1.12. The Morgan fingerprint density at radius 1 is 1.21 bits per heavy atom. The van der Waals surface area contributed by atoms with Crippen molar-refractivity contribution in [1.82, 2.24) is 15.5 Å². The van der Waals surface area contributed by atoms with Crippen molar-refractivity contribution in [3.05, 3.63) is 0 Å². The van der Waals surface area contributed by atoms with Crippen LogP contribution in [0.4, 0.5) is 0 Å². The van der Waals surface area contributed by atoms with Crippen LogP contribution in [-0.2, 0) is 4.79 Å². The van der Waals surface area contributed by atoms with Crippen molar-refractivity contribution in [3.63, 3.8) is 0 Å². The molecule has 3 aliphatic rings. The van der Waals surface area contributed by atoms with E-state index in [1.807, 2.05) is 0 Å². The smallest absolute Gasteiger partial charge is 0.221 e. The third-order valence-corrected chi connectivity index (χ3v) is 4.52. The lowest BCUT2D eigenvalue weighted by Gasteiger charge is -2.30. The van der Waals surface area contributed by atoms with Gasteiger partial charge < -0.3 is 10.6 Å². The van der Waals surface area contributed by atoms with Crippen molar-refractivity contribution in [2.45, 2.75) is 57.0 Å².